The molecular formula is C23H22FN3O2S. The van der Waals surface area contributed by atoms with Crippen LogP contribution in [0.1, 0.15) is 24.1 Å². The van der Waals surface area contributed by atoms with Crippen LogP contribution in [0, 0.1) is 5.82 Å². The van der Waals surface area contributed by atoms with Crippen molar-refractivity contribution in [2.75, 3.05) is 9.62 Å². The SMILES string of the molecule is CC(NC(=O)N(S)c1ccc(NC(=O)Cc2ccccc2)cc1)c1ccc(F)cc1. The van der Waals surface area contributed by atoms with E-state index >= 15 is 0 Å². The Bertz CT molecular complexity index is 995. The molecule has 30 heavy (non-hydrogen) atoms. The molecule has 3 amide bonds. The third-order valence-corrected chi connectivity index (χ3v) is 4.92. The number of nitrogens with one attached hydrogen (secondary N) is 2. The number of nitrogens with zero attached hydrogens (tertiary/aromatic N) is 1. The van der Waals surface area contributed by atoms with Crippen molar-refractivity contribution < 1.29 is 14.0 Å². The molecule has 5 nitrogen and oxygen atoms in total. The summed E-state index contributed by atoms with van der Waals surface area (Å²) in [4.78, 5) is 24.6. The van der Waals surface area contributed by atoms with Crippen LogP contribution in [-0.2, 0) is 11.2 Å². The molecule has 0 radical (unpaired) electrons. The van der Waals surface area contributed by atoms with E-state index in [0.29, 0.717) is 11.4 Å². The first kappa shape index (κ1) is 21.4. The summed E-state index contributed by atoms with van der Waals surface area (Å²) in [7, 11) is 0. The number of halogens is 1. The fourth-order valence-electron chi connectivity index (χ4n) is 2.87. The second-order valence-electron chi connectivity index (χ2n) is 6.79. The van der Waals surface area contributed by atoms with Crippen LogP contribution in [0.2, 0.25) is 0 Å². The van der Waals surface area contributed by atoms with Gasteiger partial charge in [-0.1, -0.05) is 55.3 Å². The van der Waals surface area contributed by atoms with Gasteiger partial charge in [-0.05, 0) is 54.4 Å². The highest BCUT2D eigenvalue weighted by atomic mass is 32.1. The molecule has 1 unspecified atom stereocenters. The van der Waals surface area contributed by atoms with Gasteiger partial charge in [-0.3, -0.25) is 4.79 Å². The Labute approximate surface area is 180 Å². The third-order valence-electron chi connectivity index (χ3n) is 4.51. The molecule has 0 aliphatic carbocycles. The van der Waals surface area contributed by atoms with Gasteiger partial charge in [-0.2, -0.15) is 0 Å². The molecule has 0 aromatic heterocycles. The maximum Gasteiger partial charge on any atom is 0.332 e. The van der Waals surface area contributed by atoms with Gasteiger partial charge in [0.05, 0.1) is 18.2 Å². The van der Waals surface area contributed by atoms with Crippen molar-refractivity contribution in [2.45, 2.75) is 19.4 Å². The van der Waals surface area contributed by atoms with Crippen molar-refractivity contribution in [3.05, 3.63) is 95.8 Å². The monoisotopic (exact) mass is 423 g/mol. The Kier molecular flexibility index (Phi) is 7.08. The third kappa shape index (κ3) is 5.84. The zero-order valence-electron chi connectivity index (χ0n) is 16.4. The first-order chi connectivity index (χ1) is 14.4. The van der Waals surface area contributed by atoms with E-state index in [-0.39, 0.29) is 24.2 Å². The lowest BCUT2D eigenvalue weighted by Crippen LogP contribution is -2.35. The van der Waals surface area contributed by atoms with Gasteiger partial charge in [-0.25, -0.2) is 13.5 Å². The Balaban J connectivity index is 1.56. The van der Waals surface area contributed by atoms with Gasteiger partial charge < -0.3 is 10.6 Å². The van der Waals surface area contributed by atoms with Crippen LogP contribution >= 0.6 is 12.8 Å². The molecule has 0 saturated carbocycles. The topological polar surface area (TPSA) is 61.4 Å². The van der Waals surface area contributed by atoms with Crippen molar-refractivity contribution in [1.82, 2.24) is 5.32 Å². The van der Waals surface area contributed by atoms with Crippen LogP contribution in [0.4, 0.5) is 20.6 Å². The molecule has 1 atom stereocenters. The molecule has 0 heterocycles. The maximum absolute atomic E-state index is 13.0. The molecule has 3 rings (SSSR count). The second kappa shape index (κ2) is 9.93. The van der Waals surface area contributed by atoms with Crippen molar-refractivity contribution >= 4 is 36.1 Å². The molecule has 7 heteroatoms. The standard InChI is InChI=1S/C23H22FN3O2S/c1-16(18-7-9-19(24)10-8-18)25-23(29)27(30)21-13-11-20(12-14-21)26-22(28)15-17-5-3-2-4-6-17/h2-14,16,30H,15H2,1H3,(H,25,29)(H,26,28). The minimum atomic E-state index is -0.420. The van der Waals surface area contributed by atoms with Crippen molar-refractivity contribution in [2.24, 2.45) is 0 Å². The van der Waals surface area contributed by atoms with Crippen molar-refractivity contribution in [1.29, 1.82) is 0 Å². The molecule has 2 N–H and O–H groups in total. The van der Waals surface area contributed by atoms with Crippen LogP contribution < -0.4 is 14.9 Å². The number of rotatable bonds is 6. The fourth-order valence-corrected chi connectivity index (χ4v) is 3.06. The Morgan fingerprint density at radius 2 is 1.60 bits per heavy atom. The Morgan fingerprint density at radius 3 is 2.23 bits per heavy atom. The lowest BCUT2D eigenvalue weighted by atomic mass is 10.1. The Hall–Kier alpha value is -3.32. The van der Waals surface area contributed by atoms with Crippen LogP contribution in [0.5, 0.6) is 0 Å². The van der Waals surface area contributed by atoms with E-state index in [9.17, 15) is 14.0 Å². The van der Waals surface area contributed by atoms with Crippen LogP contribution in [0.15, 0.2) is 78.9 Å². The molecule has 0 aliphatic rings. The minimum absolute atomic E-state index is 0.123. The molecule has 3 aromatic carbocycles. The first-order valence-electron chi connectivity index (χ1n) is 9.41. The number of hydrogen-bond acceptors (Lipinski definition) is 3. The van der Waals surface area contributed by atoms with E-state index in [2.05, 4.69) is 23.4 Å². The van der Waals surface area contributed by atoms with Gasteiger partial charge in [0.25, 0.3) is 0 Å². The van der Waals surface area contributed by atoms with Crippen LogP contribution in [0.25, 0.3) is 0 Å². The molecule has 154 valence electrons. The highest BCUT2D eigenvalue weighted by molar-refractivity contribution is 7.82. The highest BCUT2D eigenvalue weighted by Crippen LogP contribution is 2.21. The van der Waals surface area contributed by atoms with Crippen molar-refractivity contribution in [3.8, 4) is 0 Å². The molecule has 0 saturated heterocycles. The molecule has 0 spiro atoms. The number of carbonyl (C=O) groups is 2. The maximum atomic E-state index is 13.0. The van der Waals surface area contributed by atoms with Gasteiger partial charge in [0.1, 0.15) is 5.82 Å². The molecule has 0 aliphatic heterocycles. The smallest absolute Gasteiger partial charge is 0.330 e. The summed E-state index contributed by atoms with van der Waals surface area (Å²) in [5.41, 5.74) is 2.88. The summed E-state index contributed by atoms with van der Waals surface area (Å²) in [6.45, 7) is 1.80. The first-order valence-corrected chi connectivity index (χ1v) is 9.81. The number of benzene rings is 3. The summed E-state index contributed by atoms with van der Waals surface area (Å²) in [6, 6.07) is 21.5. The molecule has 0 bridgehead atoms. The predicted octanol–water partition coefficient (Wildman–Crippen LogP) is 5.13. The predicted molar refractivity (Wildman–Crippen MR) is 120 cm³/mol. The van der Waals surface area contributed by atoms with Gasteiger partial charge in [0.15, 0.2) is 0 Å². The van der Waals surface area contributed by atoms with Gasteiger partial charge in [0.2, 0.25) is 5.91 Å². The Morgan fingerprint density at radius 1 is 0.967 bits per heavy atom. The number of hydrogen-bond donors (Lipinski definition) is 3. The van der Waals surface area contributed by atoms with Crippen LogP contribution in [0.3, 0.4) is 0 Å². The number of amides is 3. The average molecular weight is 424 g/mol. The lowest BCUT2D eigenvalue weighted by molar-refractivity contribution is -0.115. The molecular weight excluding hydrogens is 401 g/mol. The number of carbonyl (C=O) groups excluding carboxylic acids is 2. The summed E-state index contributed by atoms with van der Waals surface area (Å²) < 4.78 is 14.2. The summed E-state index contributed by atoms with van der Waals surface area (Å²) in [5.74, 6) is -0.452. The molecule has 3 aromatic rings. The lowest BCUT2D eigenvalue weighted by Gasteiger charge is -2.21. The largest absolute Gasteiger partial charge is 0.332 e. The van der Waals surface area contributed by atoms with Gasteiger partial charge in [-0.15, -0.1) is 0 Å². The fraction of sp³-hybridized carbons (Fsp3) is 0.130. The summed E-state index contributed by atoms with van der Waals surface area (Å²) >= 11 is 4.26. The highest BCUT2D eigenvalue weighted by Gasteiger charge is 2.16. The summed E-state index contributed by atoms with van der Waals surface area (Å²) in [6.07, 6.45) is 0.283. The van der Waals surface area contributed by atoms with Gasteiger partial charge in [0, 0.05) is 5.69 Å². The molecule has 0 fully saturated rings. The van der Waals surface area contributed by atoms with E-state index in [0.717, 1.165) is 11.1 Å². The van der Waals surface area contributed by atoms with Crippen LogP contribution in [-0.4, -0.2) is 11.9 Å². The minimum Gasteiger partial charge on any atom is -0.330 e. The normalized spacial score (nSPS) is 11.4. The van der Waals surface area contributed by atoms with E-state index in [1.807, 2.05) is 30.3 Å². The number of urea groups is 1. The summed E-state index contributed by atoms with van der Waals surface area (Å²) in [5, 5.41) is 5.64. The number of thiol groups is 1. The quantitative estimate of drug-likeness (QED) is 0.482. The van der Waals surface area contributed by atoms with E-state index in [1.54, 1.807) is 43.3 Å². The van der Waals surface area contributed by atoms with Gasteiger partial charge >= 0.3 is 6.03 Å². The number of anilines is 2. The average Bonchev–Trinajstić information content (AvgIpc) is 2.74. The van der Waals surface area contributed by atoms with Crippen molar-refractivity contribution in [3.63, 3.8) is 0 Å². The zero-order valence-corrected chi connectivity index (χ0v) is 17.3. The second-order valence-corrected chi connectivity index (χ2v) is 7.19. The van der Waals surface area contributed by atoms with E-state index < -0.39 is 6.03 Å². The zero-order chi connectivity index (χ0) is 21.5. The van der Waals surface area contributed by atoms with E-state index in [1.165, 1.54) is 16.4 Å². The van der Waals surface area contributed by atoms with E-state index in [4.69, 9.17) is 0 Å².